The van der Waals surface area contributed by atoms with Crippen LogP contribution in [0.4, 0.5) is 0 Å². The van der Waals surface area contributed by atoms with E-state index in [0.717, 1.165) is 32.0 Å². The van der Waals surface area contributed by atoms with Gasteiger partial charge < -0.3 is 19.7 Å². The van der Waals surface area contributed by atoms with Crippen LogP contribution in [0.3, 0.4) is 0 Å². The van der Waals surface area contributed by atoms with E-state index in [1.807, 2.05) is 26.2 Å². The summed E-state index contributed by atoms with van der Waals surface area (Å²) in [6, 6.07) is 8.18. The van der Waals surface area contributed by atoms with Crippen molar-refractivity contribution in [2.45, 2.75) is 13.5 Å². The number of nitrogens with zero attached hydrogens (tertiary/aromatic N) is 1. The molecule has 19 heavy (non-hydrogen) atoms. The first-order valence-electron chi connectivity index (χ1n) is 6.87. The van der Waals surface area contributed by atoms with Crippen LogP contribution in [-0.4, -0.2) is 51.9 Å². The molecular formula is C15H26N2O2. The Morgan fingerprint density at radius 1 is 1.16 bits per heavy atom. The summed E-state index contributed by atoms with van der Waals surface area (Å²) in [5, 5.41) is 3.30. The van der Waals surface area contributed by atoms with Crippen LogP contribution < -0.4 is 10.1 Å². The topological polar surface area (TPSA) is 33.7 Å². The van der Waals surface area contributed by atoms with Crippen molar-refractivity contribution in [1.82, 2.24) is 10.2 Å². The molecular weight excluding hydrogens is 240 g/mol. The van der Waals surface area contributed by atoms with E-state index in [1.54, 1.807) is 0 Å². The molecule has 0 unspecified atom stereocenters. The van der Waals surface area contributed by atoms with Gasteiger partial charge in [-0.15, -0.1) is 0 Å². The van der Waals surface area contributed by atoms with Gasteiger partial charge in [0.25, 0.3) is 0 Å². The lowest BCUT2D eigenvalue weighted by atomic mass is 10.2. The van der Waals surface area contributed by atoms with Gasteiger partial charge in [0, 0.05) is 13.1 Å². The van der Waals surface area contributed by atoms with Gasteiger partial charge in [-0.25, -0.2) is 0 Å². The normalized spacial score (nSPS) is 10.9. The zero-order chi connectivity index (χ0) is 13.9. The standard InChI is InChI=1S/C15H26N2O2/c1-4-16-13-14-6-5-7-15(12-14)19-11-10-18-9-8-17(2)3/h5-7,12,16H,4,8-11,13H2,1-3H3. The highest BCUT2D eigenvalue weighted by Crippen LogP contribution is 2.12. The number of hydrogen-bond acceptors (Lipinski definition) is 4. The second-order valence-electron chi connectivity index (χ2n) is 4.69. The van der Waals surface area contributed by atoms with E-state index in [4.69, 9.17) is 9.47 Å². The Labute approximate surface area is 116 Å². The third kappa shape index (κ3) is 7.82. The van der Waals surface area contributed by atoms with Gasteiger partial charge in [0.1, 0.15) is 12.4 Å². The van der Waals surface area contributed by atoms with E-state index in [9.17, 15) is 0 Å². The summed E-state index contributed by atoms with van der Waals surface area (Å²) < 4.78 is 11.1. The number of ether oxygens (including phenoxy) is 2. The van der Waals surface area contributed by atoms with Crippen molar-refractivity contribution >= 4 is 0 Å². The van der Waals surface area contributed by atoms with Gasteiger partial charge in [-0.2, -0.15) is 0 Å². The minimum Gasteiger partial charge on any atom is -0.491 e. The minimum atomic E-state index is 0.595. The lowest BCUT2D eigenvalue weighted by Crippen LogP contribution is -2.19. The van der Waals surface area contributed by atoms with Gasteiger partial charge >= 0.3 is 0 Å². The monoisotopic (exact) mass is 266 g/mol. The van der Waals surface area contributed by atoms with E-state index in [2.05, 4.69) is 29.3 Å². The average Bonchev–Trinajstić information content (AvgIpc) is 2.40. The molecule has 1 aromatic carbocycles. The van der Waals surface area contributed by atoms with Gasteiger partial charge in [-0.1, -0.05) is 19.1 Å². The third-order valence-corrected chi connectivity index (χ3v) is 2.66. The van der Waals surface area contributed by atoms with E-state index >= 15 is 0 Å². The molecule has 0 saturated heterocycles. The van der Waals surface area contributed by atoms with Crippen molar-refractivity contribution in [2.75, 3.05) is 47.0 Å². The summed E-state index contributed by atoms with van der Waals surface area (Å²) in [6.07, 6.45) is 0. The number of nitrogens with one attached hydrogen (secondary N) is 1. The molecule has 0 heterocycles. The van der Waals surface area contributed by atoms with Crippen molar-refractivity contribution in [1.29, 1.82) is 0 Å². The summed E-state index contributed by atoms with van der Waals surface area (Å²) in [6.45, 7) is 6.88. The maximum atomic E-state index is 5.67. The molecule has 0 bridgehead atoms. The van der Waals surface area contributed by atoms with Crippen LogP contribution in [0, 0.1) is 0 Å². The van der Waals surface area contributed by atoms with E-state index in [-0.39, 0.29) is 0 Å². The fraction of sp³-hybridized carbons (Fsp3) is 0.600. The molecule has 108 valence electrons. The maximum absolute atomic E-state index is 5.67. The lowest BCUT2D eigenvalue weighted by Gasteiger charge is -2.11. The highest BCUT2D eigenvalue weighted by Gasteiger charge is 1.97. The predicted molar refractivity (Wildman–Crippen MR) is 78.7 cm³/mol. The molecule has 1 aromatic rings. The van der Waals surface area contributed by atoms with Crippen molar-refractivity contribution < 1.29 is 9.47 Å². The highest BCUT2D eigenvalue weighted by atomic mass is 16.5. The van der Waals surface area contributed by atoms with Crippen LogP contribution >= 0.6 is 0 Å². The van der Waals surface area contributed by atoms with Crippen LogP contribution in [0.5, 0.6) is 5.75 Å². The molecule has 0 saturated carbocycles. The summed E-state index contributed by atoms with van der Waals surface area (Å²) in [5.41, 5.74) is 1.24. The molecule has 0 aromatic heterocycles. The van der Waals surface area contributed by atoms with Gasteiger partial charge in [0.15, 0.2) is 0 Å². The number of hydrogen-bond donors (Lipinski definition) is 1. The summed E-state index contributed by atoms with van der Waals surface area (Å²) in [4.78, 5) is 2.10. The zero-order valence-corrected chi connectivity index (χ0v) is 12.3. The average molecular weight is 266 g/mol. The van der Waals surface area contributed by atoms with Crippen LogP contribution in [0.2, 0.25) is 0 Å². The first-order valence-corrected chi connectivity index (χ1v) is 6.87. The Balaban J connectivity index is 2.18. The Kier molecular flexibility index (Phi) is 8.21. The smallest absolute Gasteiger partial charge is 0.119 e. The fourth-order valence-corrected chi connectivity index (χ4v) is 1.58. The van der Waals surface area contributed by atoms with Gasteiger partial charge in [-0.3, -0.25) is 0 Å². The summed E-state index contributed by atoms with van der Waals surface area (Å²) >= 11 is 0. The Hall–Kier alpha value is -1.10. The molecule has 0 radical (unpaired) electrons. The molecule has 1 N–H and O–H groups in total. The number of likely N-dealkylation sites (N-methyl/N-ethyl adjacent to an activating group) is 1. The van der Waals surface area contributed by atoms with Crippen LogP contribution in [-0.2, 0) is 11.3 Å². The number of benzene rings is 1. The van der Waals surface area contributed by atoms with E-state index in [0.29, 0.717) is 13.2 Å². The predicted octanol–water partition coefficient (Wildman–Crippen LogP) is 1.75. The Morgan fingerprint density at radius 2 is 2.00 bits per heavy atom. The Morgan fingerprint density at radius 3 is 2.74 bits per heavy atom. The minimum absolute atomic E-state index is 0.595. The van der Waals surface area contributed by atoms with E-state index in [1.165, 1.54) is 5.56 Å². The van der Waals surface area contributed by atoms with Crippen molar-refractivity contribution in [3.05, 3.63) is 29.8 Å². The van der Waals surface area contributed by atoms with Crippen LogP contribution in [0.25, 0.3) is 0 Å². The van der Waals surface area contributed by atoms with E-state index < -0.39 is 0 Å². The molecule has 4 nitrogen and oxygen atoms in total. The first kappa shape index (κ1) is 16.0. The third-order valence-electron chi connectivity index (χ3n) is 2.66. The van der Waals surface area contributed by atoms with Gasteiger partial charge in [0.2, 0.25) is 0 Å². The second-order valence-corrected chi connectivity index (χ2v) is 4.69. The molecule has 1 rings (SSSR count). The second kappa shape index (κ2) is 9.78. The zero-order valence-electron chi connectivity index (χ0n) is 12.3. The fourth-order valence-electron chi connectivity index (χ4n) is 1.58. The van der Waals surface area contributed by atoms with Crippen molar-refractivity contribution in [3.8, 4) is 5.75 Å². The molecule has 0 amide bonds. The molecule has 0 fully saturated rings. The quantitative estimate of drug-likeness (QED) is 0.654. The molecule has 0 aliphatic heterocycles. The summed E-state index contributed by atoms with van der Waals surface area (Å²) in [7, 11) is 4.07. The van der Waals surface area contributed by atoms with Crippen molar-refractivity contribution in [2.24, 2.45) is 0 Å². The first-order chi connectivity index (χ1) is 9.22. The lowest BCUT2D eigenvalue weighted by molar-refractivity contribution is 0.0889. The summed E-state index contributed by atoms with van der Waals surface area (Å²) in [5.74, 6) is 0.909. The largest absolute Gasteiger partial charge is 0.491 e. The molecule has 0 aliphatic rings. The van der Waals surface area contributed by atoms with Gasteiger partial charge in [0.05, 0.1) is 13.2 Å². The Bertz CT molecular complexity index is 343. The molecule has 4 heteroatoms. The molecule has 0 atom stereocenters. The number of rotatable bonds is 10. The van der Waals surface area contributed by atoms with Crippen LogP contribution in [0.1, 0.15) is 12.5 Å². The molecule has 0 spiro atoms. The van der Waals surface area contributed by atoms with Crippen molar-refractivity contribution in [3.63, 3.8) is 0 Å². The highest BCUT2D eigenvalue weighted by molar-refractivity contribution is 5.28. The van der Waals surface area contributed by atoms with Gasteiger partial charge in [-0.05, 0) is 38.3 Å². The molecule has 0 aliphatic carbocycles. The maximum Gasteiger partial charge on any atom is 0.119 e. The SMILES string of the molecule is CCNCc1cccc(OCCOCCN(C)C)c1. The van der Waals surface area contributed by atoms with Crippen LogP contribution in [0.15, 0.2) is 24.3 Å².